The van der Waals surface area contributed by atoms with Crippen molar-refractivity contribution in [3.63, 3.8) is 0 Å². The number of aryl methyl sites for hydroxylation is 1. The number of halogens is 2. The van der Waals surface area contributed by atoms with Crippen LogP contribution in [-0.4, -0.2) is 0 Å². The second-order valence-corrected chi connectivity index (χ2v) is 6.21. The molecule has 0 heterocycles. The molecular weight excluding hydrogens is 278 g/mol. The minimum absolute atomic E-state index is 0.442. The van der Waals surface area contributed by atoms with Crippen LogP contribution in [0.4, 0.5) is 8.78 Å². The van der Waals surface area contributed by atoms with Gasteiger partial charge >= 0.3 is 0 Å². The molecular formula is C20H26F2. The number of hydrogen-bond donors (Lipinski definition) is 0. The summed E-state index contributed by atoms with van der Waals surface area (Å²) < 4.78 is 28.6. The van der Waals surface area contributed by atoms with Gasteiger partial charge in [0.15, 0.2) is 11.6 Å². The van der Waals surface area contributed by atoms with E-state index < -0.39 is 11.6 Å². The first-order chi connectivity index (χ1) is 10.7. The van der Waals surface area contributed by atoms with Gasteiger partial charge in [-0.25, -0.2) is 8.78 Å². The van der Waals surface area contributed by atoms with E-state index >= 15 is 0 Å². The van der Waals surface area contributed by atoms with Crippen molar-refractivity contribution in [1.29, 1.82) is 0 Å². The van der Waals surface area contributed by atoms with Crippen LogP contribution in [-0.2, 0) is 6.42 Å². The molecule has 1 atom stereocenters. The summed E-state index contributed by atoms with van der Waals surface area (Å²) in [6, 6.07) is 3.52. The summed E-state index contributed by atoms with van der Waals surface area (Å²) in [6.07, 6.45) is 11.5. The number of allylic oxidation sites excluding steroid dienone is 3. The van der Waals surface area contributed by atoms with Crippen LogP contribution in [0, 0.1) is 17.6 Å². The van der Waals surface area contributed by atoms with Gasteiger partial charge in [-0.15, -0.1) is 6.58 Å². The molecule has 120 valence electrons. The Balaban J connectivity index is 2.10. The molecule has 0 spiro atoms. The lowest BCUT2D eigenvalue weighted by Gasteiger charge is -2.20. The maximum absolute atomic E-state index is 14.4. The Morgan fingerprint density at radius 1 is 1.18 bits per heavy atom. The van der Waals surface area contributed by atoms with Crippen molar-refractivity contribution in [2.75, 3.05) is 0 Å². The Kier molecular flexibility index (Phi) is 6.35. The lowest BCUT2D eigenvalue weighted by molar-refractivity contribution is 0.491. The zero-order chi connectivity index (χ0) is 15.9. The van der Waals surface area contributed by atoms with Gasteiger partial charge in [0.25, 0.3) is 0 Å². The van der Waals surface area contributed by atoms with Gasteiger partial charge in [-0.3, -0.25) is 0 Å². The Hall–Kier alpha value is -1.44. The predicted octanol–water partition coefficient (Wildman–Crippen LogP) is 6.46. The maximum atomic E-state index is 14.4. The third-order valence-corrected chi connectivity index (χ3v) is 4.59. The molecule has 1 aliphatic rings. The summed E-state index contributed by atoms with van der Waals surface area (Å²) in [7, 11) is 0. The van der Waals surface area contributed by atoms with Crippen LogP contribution in [0.25, 0.3) is 5.57 Å². The summed E-state index contributed by atoms with van der Waals surface area (Å²) in [5.74, 6) is -0.855. The van der Waals surface area contributed by atoms with Crippen LogP contribution in [0.3, 0.4) is 0 Å². The van der Waals surface area contributed by atoms with Crippen LogP contribution in [0.15, 0.2) is 30.9 Å². The van der Waals surface area contributed by atoms with E-state index in [4.69, 9.17) is 0 Å². The van der Waals surface area contributed by atoms with E-state index in [0.29, 0.717) is 23.5 Å². The van der Waals surface area contributed by atoms with Crippen molar-refractivity contribution in [3.8, 4) is 0 Å². The van der Waals surface area contributed by atoms with E-state index in [1.54, 1.807) is 12.1 Å². The highest BCUT2D eigenvalue weighted by Crippen LogP contribution is 2.33. The normalized spacial score (nSPS) is 18.1. The molecule has 0 aliphatic heterocycles. The minimum atomic E-state index is -0.670. The van der Waals surface area contributed by atoms with Crippen molar-refractivity contribution < 1.29 is 8.78 Å². The van der Waals surface area contributed by atoms with E-state index in [-0.39, 0.29) is 0 Å². The van der Waals surface area contributed by atoms with E-state index in [9.17, 15) is 8.78 Å². The molecule has 2 heteroatoms. The van der Waals surface area contributed by atoms with E-state index in [1.165, 1.54) is 0 Å². The minimum Gasteiger partial charge on any atom is -0.203 e. The fraction of sp³-hybridized carbons (Fsp3) is 0.500. The summed E-state index contributed by atoms with van der Waals surface area (Å²) in [5, 5.41) is 0. The monoisotopic (exact) mass is 304 g/mol. The van der Waals surface area contributed by atoms with Crippen molar-refractivity contribution >= 4 is 5.57 Å². The SMILES string of the molecule is C=CC1CC=C(c2ccc(CCCCCC)c(F)c2F)CC1. The molecule has 0 saturated carbocycles. The quantitative estimate of drug-likeness (QED) is 0.401. The first-order valence-corrected chi connectivity index (χ1v) is 8.46. The molecule has 22 heavy (non-hydrogen) atoms. The average Bonchev–Trinajstić information content (AvgIpc) is 2.55. The average molecular weight is 304 g/mol. The smallest absolute Gasteiger partial charge is 0.166 e. The van der Waals surface area contributed by atoms with Crippen LogP contribution in [0.2, 0.25) is 0 Å². The van der Waals surface area contributed by atoms with Gasteiger partial charge in [-0.1, -0.05) is 50.5 Å². The number of rotatable bonds is 7. The predicted molar refractivity (Wildman–Crippen MR) is 89.7 cm³/mol. The van der Waals surface area contributed by atoms with Gasteiger partial charge in [-0.2, -0.15) is 0 Å². The number of hydrogen-bond acceptors (Lipinski definition) is 0. The zero-order valence-electron chi connectivity index (χ0n) is 13.5. The largest absolute Gasteiger partial charge is 0.203 e. The Labute approximate surface area is 132 Å². The van der Waals surface area contributed by atoms with Crippen molar-refractivity contribution in [2.45, 2.75) is 58.3 Å². The lowest BCUT2D eigenvalue weighted by Crippen LogP contribution is -2.05. The molecule has 0 fully saturated rings. The molecule has 1 aromatic rings. The van der Waals surface area contributed by atoms with Crippen LogP contribution in [0.5, 0.6) is 0 Å². The van der Waals surface area contributed by atoms with Crippen LogP contribution in [0.1, 0.15) is 63.0 Å². The van der Waals surface area contributed by atoms with E-state index in [2.05, 4.69) is 13.5 Å². The fourth-order valence-corrected chi connectivity index (χ4v) is 3.09. The Morgan fingerprint density at radius 2 is 2.00 bits per heavy atom. The third-order valence-electron chi connectivity index (χ3n) is 4.59. The standard InChI is InChI=1S/C20H26F2/c1-3-5-6-7-8-17-13-14-18(20(22)19(17)21)16-11-9-15(4-2)10-12-16/h4,11,13-15H,2-3,5-10,12H2,1H3. The Bertz CT molecular complexity index is 543. The number of unbranched alkanes of at least 4 members (excludes halogenated alkanes) is 3. The topological polar surface area (TPSA) is 0 Å². The molecule has 0 N–H and O–H groups in total. The molecule has 2 rings (SSSR count). The summed E-state index contributed by atoms with van der Waals surface area (Å²) in [4.78, 5) is 0. The van der Waals surface area contributed by atoms with Crippen molar-refractivity contribution in [2.24, 2.45) is 5.92 Å². The summed E-state index contributed by atoms with van der Waals surface area (Å²) in [6.45, 7) is 5.95. The van der Waals surface area contributed by atoms with Gasteiger partial charge < -0.3 is 0 Å². The van der Waals surface area contributed by atoms with E-state index in [0.717, 1.165) is 50.5 Å². The Morgan fingerprint density at radius 3 is 2.64 bits per heavy atom. The second-order valence-electron chi connectivity index (χ2n) is 6.21. The van der Waals surface area contributed by atoms with Crippen molar-refractivity contribution in [1.82, 2.24) is 0 Å². The highest BCUT2D eigenvalue weighted by atomic mass is 19.2. The highest BCUT2D eigenvalue weighted by molar-refractivity contribution is 5.67. The van der Waals surface area contributed by atoms with Crippen LogP contribution >= 0.6 is 0 Å². The molecule has 0 bridgehead atoms. The van der Waals surface area contributed by atoms with E-state index in [1.807, 2.05) is 12.2 Å². The molecule has 0 amide bonds. The fourth-order valence-electron chi connectivity index (χ4n) is 3.09. The van der Waals surface area contributed by atoms with Gasteiger partial charge in [0.2, 0.25) is 0 Å². The highest BCUT2D eigenvalue weighted by Gasteiger charge is 2.19. The summed E-state index contributed by atoms with van der Waals surface area (Å²) >= 11 is 0. The van der Waals surface area contributed by atoms with Gasteiger partial charge in [0.1, 0.15) is 0 Å². The molecule has 0 saturated heterocycles. The van der Waals surface area contributed by atoms with Crippen LogP contribution < -0.4 is 0 Å². The summed E-state index contributed by atoms with van der Waals surface area (Å²) in [5.41, 5.74) is 1.89. The first kappa shape index (κ1) is 16.9. The first-order valence-electron chi connectivity index (χ1n) is 8.46. The molecule has 1 aliphatic carbocycles. The molecule has 1 unspecified atom stereocenters. The molecule has 0 aromatic heterocycles. The van der Waals surface area contributed by atoms with Gasteiger partial charge in [-0.05, 0) is 49.2 Å². The molecule has 1 aromatic carbocycles. The van der Waals surface area contributed by atoms with Gasteiger partial charge in [0.05, 0.1) is 0 Å². The third kappa shape index (κ3) is 4.06. The van der Waals surface area contributed by atoms with Crippen molar-refractivity contribution in [3.05, 3.63) is 53.6 Å². The maximum Gasteiger partial charge on any atom is 0.166 e. The second kappa shape index (κ2) is 8.26. The lowest BCUT2D eigenvalue weighted by atomic mass is 9.86. The molecule has 0 radical (unpaired) electrons. The van der Waals surface area contributed by atoms with Gasteiger partial charge in [0, 0.05) is 5.56 Å². The zero-order valence-corrected chi connectivity index (χ0v) is 13.5. The molecule has 0 nitrogen and oxygen atoms in total. The number of benzene rings is 1.